The Bertz CT molecular complexity index is 1350. The minimum absolute atomic E-state index is 0.0548. The standard InChI is InChI=1S/C22H18Cl2N6O2/c1-13(15-7-8-25-20(24)9-15)27-21(31)18-10-19(14-3-5-16(23)6-4-14)28-30(22(18)32)17-11-26-29(2)12-17/h3-13H,1-2H3,(H,27,31). The zero-order chi connectivity index (χ0) is 22.8. The van der Waals surface area contributed by atoms with E-state index in [1.54, 1.807) is 67.4 Å². The summed E-state index contributed by atoms with van der Waals surface area (Å²) in [6, 6.07) is 11.4. The highest BCUT2D eigenvalue weighted by Gasteiger charge is 2.20. The minimum atomic E-state index is -0.562. The van der Waals surface area contributed by atoms with Crippen LogP contribution in [0.4, 0.5) is 0 Å². The van der Waals surface area contributed by atoms with Crippen molar-refractivity contribution in [3.63, 3.8) is 0 Å². The molecule has 4 rings (SSSR count). The molecule has 0 saturated heterocycles. The molecule has 10 heteroatoms. The van der Waals surface area contributed by atoms with Crippen molar-refractivity contribution in [1.82, 2.24) is 29.9 Å². The Morgan fingerprint density at radius 3 is 2.53 bits per heavy atom. The number of nitrogens with one attached hydrogen (secondary N) is 1. The van der Waals surface area contributed by atoms with Gasteiger partial charge in [-0.2, -0.15) is 14.9 Å². The van der Waals surface area contributed by atoms with Crippen LogP contribution in [0, 0.1) is 0 Å². The average molecular weight is 469 g/mol. The Morgan fingerprint density at radius 2 is 1.88 bits per heavy atom. The van der Waals surface area contributed by atoms with Crippen molar-refractivity contribution >= 4 is 29.1 Å². The molecule has 0 saturated carbocycles. The summed E-state index contributed by atoms with van der Waals surface area (Å²) in [6.45, 7) is 1.80. The molecule has 4 aromatic rings. The highest BCUT2D eigenvalue weighted by molar-refractivity contribution is 6.30. The maximum Gasteiger partial charge on any atom is 0.284 e. The molecule has 8 nitrogen and oxygen atoms in total. The van der Waals surface area contributed by atoms with E-state index in [1.165, 1.54) is 16.9 Å². The van der Waals surface area contributed by atoms with Gasteiger partial charge in [0.25, 0.3) is 11.5 Å². The van der Waals surface area contributed by atoms with Gasteiger partial charge in [-0.05, 0) is 42.8 Å². The van der Waals surface area contributed by atoms with Gasteiger partial charge >= 0.3 is 0 Å². The lowest BCUT2D eigenvalue weighted by atomic mass is 10.1. The van der Waals surface area contributed by atoms with Crippen molar-refractivity contribution in [3.8, 4) is 16.9 Å². The van der Waals surface area contributed by atoms with Crippen LogP contribution in [0.2, 0.25) is 10.2 Å². The van der Waals surface area contributed by atoms with Gasteiger partial charge in [0, 0.05) is 23.8 Å². The highest BCUT2D eigenvalue weighted by Crippen LogP contribution is 2.21. The Labute approximate surface area is 193 Å². The summed E-state index contributed by atoms with van der Waals surface area (Å²) >= 11 is 12.0. The largest absolute Gasteiger partial charge is 0.345 e. The van der Waals surface area contributed by atoms with Crippen LogP contribution >= 0.6 is 23.2 Å². The number of amides is 1. The average Bonchev–Trinajstić information content (AvgIpc) is 3.20. The molecule has 162 valence electrons. The van der Waals surface area contributed by atoms with E-state index in [0.717, 1.165) is 5.56 Å². The van der Waals surface area contributed by atoms with Gasteiger partial charge in [0.15, 0.2) is 0 Å². The van der Waals surface area contributed by atoms with Gasteiger partial charge in [0.2, 0.25) is 0 Å². The van der Waals surface area contributed by atoms with Gasteiger partial charge < -0.3 is 5.32 Å². The molecule has 0 spiro atoms. The Morgan fingerprint density at radius 1 is 1.12 bits per heavy atom. The SMILES string of the molecule is CC(NC(=O)c1cc(-c2ccc(Cl)cc2)nn(-c2cnn(C)c2)c1=O)c1ccnc(Cl)c1. The molecule has 1 unspecified atom stereocenters. The molecule has 0 bridgehead atoms. The number of benzene rings is 1. The second-order valence-electron chi connectivity index (χ2n) is 7.15. The first-order valence-corrected chi connectivity index (χ1v) is 10.4. The van der Waals surface area contributed by atoms with E-state index in [4.69, 9.17) is 23.2 Å². The fourth-order valence-electron chi connectivity index (χ4n) is 3.16. The number of pyridine rings is 1. The first-order chi connectivity index (χ1) is 15.3. The van der Waals surface area contributed by atoms with E-state index in [1.807, 2.05) is 0 Å². The first-order valence-electron chi connectivity index (χ1n) is 9.63. The number of aromatic nitrogens is 5. The predicted molar refractivity (Wildman–Crippen MR) is 122 cm³/mol. The van der Waals surface area contributed by atoms with Crippen LogP contribution in [0.3, 0.4) is 0 Å². The lowest BCUT2D eigenvalue weighted by Crippen LogP contribution is -2.35. The molecule has 1 atom stereocenters. The van der Waals surface area contributed by atoms with E-state index in [0.29, 0.717) is 27.1 Å². The molecule has 1 aromatic carbocycles. The quantitative estimate of drug-likeness (QED) is 0.449. The summed E-state index contributed by atoms with van der Waals surface area (Å²) in [6.07, 6.45) is 4.70. The van der Waals surface area contributed by atoms with Crippen molar-refractivity contribution in [1.29, 1.82) is 0 Å². The molecule has 1 amide bonds. The van der Waals surface area contributed by atoms with Gasteiger partial charge in [-0.1, -0.05) is 35.3 Å². The summed E-state index contributed by atoms with van der Waals surface area (Å²) in [5.41, 5.74) is 1.73. The number of aryl methyl sites for hydroxylation is 1. The molecule has 0 aliphatic carbocycles. The van der Waals surface area contributed by atoms with Crippen LogP contribution in [0.15, 0.2) is 65.8 Å². The summed E-state index contributed by atoms with van der Waals surface area (Å²) in [4.78, 5) is 30.2. The first kappa shape index (κ1) is 21.7. The van der Waals surface area contributed by atoms with Gasteiger partial charge in [-0.25, -0.2) is 4.98 Å². The molecule has 1 N–H and O–H groups in total. The van der Waals surface area contributed by atoms with Crippen molar-refractivity contribution < 1.29 is 4.79 Å². The predicted octanol–water partition coefficient (Wildman–Crippen LogP) is 3.83. The van der Waals surface area contributed by atoms with Crippen molar-refractivity contribution in [3.05, 3.63) is 92.7 Å². The molecule has 0 radical (unpaired) electrons. The van der Waals surface area contributed by atoms with E-state index in [2.05, 4.69) is 20.5 Å². The number of carbonyl (C=O) groups is 1. The normalized spacial score (nSPS) is 11.9. The smallest absolute Gasteiger partial charge is 0.284 e. The number of hydrogen-bond donors (Lipinski definition) is 1. The second-order valence-corrected chi connectivity index (χ2v) is 7.97. The van der Waals surface area contributed by atoms with E-state index in [9.17, 15) is 9.59 Å². The summed E-state index contributed by atoms with van der Waals surface area (Å²) in [5, 5.41) is 12.3. The van der Waals surface area contributed by atoms with Crippen LogP contribution < -0.4 is 10.9 Å². The third-order valence-corrected chi connectivity index (χ3v) is 5.29. The Kier molecular flexibility index (Phi) is 6.07. The third kappa shape index (κ3) is 4.56. The van der Waals surface area contributed by atoms with Gasteiger partial charge in [0.05, 0.1) is 24.1 Å². The third-order valence-electron chi connectivity index (χ3n) is 4.83. The highest BCUT2D eigenvalue weighted by atomic mass is 35.5. The number of rotatable bonds is 5. The monoisotopic (exact) mass is 468 g/mol. The van der Waals surface area contributed by atoms with E-state index >= 15 is 0 Å². The van der Waals surface area contributed by atoms with E-state index in [-0.39, 0.29) is 5.56 Å². The van der Waals surface area contributed by atoms with Gasteiger partial charge in [0.1, 0.15) is 16.4 Å². The van der Waals surface area contributed by atoms with Crippen molar-refractivity contribution in [2.45, 2.75) is 13.0 Å². The number of carbonyl (C=O) groups excluding carboxylic acids is 1. The molecule has 32 heavy (non-hydrogen) atoms. The van der Waals surface area contributed by atoms with Crippen molar-refractivity contribution in [2.24, 2.45) is 7.05 Å². The van der Waals surface area contributed by atoms with Crippen LogP contribution in [0.25, 0.3) is 16.9 Å². The van der Waals surface area contributed by atoms with Crippen LogP contribution in [-0.2, 0) is 7.05 Å². The lowest BCUT2D eigenvalue weighted by molar-refractivity contribution is 0.0937. The fraction of sp³-hybridized carbons (Fsp3) is 0.136. The molecule has 3 aromatic heterocycles. The molecular formula is C22H18Cl2N6O2. The molecule has 0 fully saturated rings. The maximum atomic E-state index is 13.2. The van der Waals surface area contributed by atoms with Crippen LogP contribution in [-0.4, -0.2) is 30.5 Å². The summed E-state index contributed by atoms with van der Waals surface area (Å²) < 4.78 is 2.72. The fourth-order valence-corrected chi connectivity index (χ4v) is 3.46. The lowest BCUT2D eigenvalue weighted by Gasteiger charge is -2.15. The van der Waals surface area contributed by atoms with Crippen LogP contribution in [0.5, 0.6) is 0 Å². The summed E-state index contributed by atoms with van der Waals surface area (Å²) in [5.74, 6) is -0.536. The van der Waals surface area contributed by atoms with Gasteiger partial charge in [-0.15, -0.1) is 0 Å². The number of hydrogen-bond acceptors (Lipinski definition) is 5. The molecule has 0 aliphatic heterocycles. The molecular weight excluding hydrogens is 451 g/mol. The molecule has 3 heterocycles. The van der Waals surface area contributed by atoms with E-state index < -0.39 is 17.5 Å². The molecule has 0 aliphatic rings. The topological polar surface area (TPSA) is 94.7 Å². The van der Waals surface area contributed by atoms with Gasteiger partial charge in [-0.3, -0.25) is 14.3 Å². The second kappa shape index (κ2) is 8.94. The van der Waals surface area contributed by atoms with Crippen LogP contribution in [0.1, 0.15) is 28.9 Å². The Balaban J connectivity index is 1.77. The zero-order valence-electron chi connectivity index (χ0n) is 17.2. The summed E-state index contributed by atoms with van der Waals surface area (Å²) in [7, 11) is 1.73. The van der Waals surface area contributed by atoms with Crippen molar-refractivity contribution in [2.75, 3.05) is 0 Å². The zero-order valence-corrected chi connectivity index (χ0v) is 18.7. The minimum Gasteiger partial charge on any atom is -0.345 e. The number of halogens is 2. The maximum absolute atomic E-state index is 13.2. The Hall–Kier alpha value is -3.49. The number of nitrogens with zero attached hydrogens (tertiary/aromatic N) is 5.